The maximum absolute atomic E-state index is 10.1. The molecule has 0 radical (unpaired) electrons. The highest BCUT2D eigenvalue weighted by atomic mass is 16.4. The first-order chi connectivity index (χ1) is 9.90. The zero-order valence-corrected chi connectivity index (χ0v) is 12.5. The highest BCUT2D eigenvalue weighted by Crippen LogP contribution is 2.06. The molecule has 0 aliphatic heterocycles. The second-order valence-electron chi connectivity index (χ2n) is 4.78. The summed E-state index contributed by atoms with van der Waals surface area (Å²) in [5.74, 6) is -0.666. The van der Waals surface area contributed by atoms with Crippen LogP contribution in [0.2, 0.25) is 0 Å². The molecule has 21 heavy (non-hydrogen) atoms. The Morgan fingerprint density at radius 2 is 1.57 bits per heavy atom. The van der Waals surface area contributed by atoms with E-state index in [1.807, 2.05) is 0 Å². The first kappa shape index (κ1) is 22.3. The van der Waals surface area contributed by atoms with Crippen LogP contribution in [0.4, 0.5) is 0 Å². The Balaban J connectivity index is 0. The van der Waals surface area contributed by atoms with E-state index in [1.165, 1.54) is 25.7 Å². The number of carboxylic acid groups (broad SMARTS) is 1. The van der Waals surface area contributed by atoms with Crippen molar-refractivity contribution in [3.05, 3.63) is 0 Å². The maximum Gasteiger partial charge on any atom is 0.303 e. The van der Waals surface area contributed by atoms with Gasteiger partial charge < -0.3 is 30.3 Å². The first-order valence-corrected chi connectivity index (χ1v) is 7.22. The Kier molecular flexibility index (Phi) is 16.3. The predicted molar refractivity (Wildman–Crippen MR) is 76.8 cm³/mol. The van der Waals surface area contributed by atoms with Crippen molar-refractivity contribution in [3.8, 4) is 0 Å². The Morgan fingerprint density at radius 3 is 2.00 bits per heavy atom. The lowest BCUT2D eigenvalue weighted by Gasteiger charge is -2.16. The fourth-order valence-corrected chi connectivity index (χ4v) is 1.47. The second-order valence-corrected chi connectivity index (χ2v) is 4.78. The van der Waals surface area contributed by atoms with Gasteiger partial charge in [0.25, 0.3) is 0 Å². The number of rotatable bonds is 11. The quantitative estimate of drug-likeness (QED) is 0.269. The van der Waals surface area contributed by atoms with E-state index in [9.17, 15) is 9.59 Å². The average molecular weight is 308 g/mol. The molecule has 0 fully saturated rings. The van der Waals surface area contributed by atoms with Crippen LogP contribution in [-0.2, 0) is 9.59 Å². The first-order valence-electron chi connectivity index (χ1n) is 7.22. The number of aliphatic hydroxyl groups excluding tert-OH is 4. The molecule has 0 spiro atoms. The summed E-state index contributed by atoms with van der Waals surface area (Å²) in [5.41, 5.74) is 0. The normalized spacial score (nSPS) is 14.5. The Labute approximate surface area is 125 Å². The molecule has 0 aromatic carbocycles. The summed E-state index contributed by atoms with van der Waals surface area (Å²) in [5, 5.41) is 42.4. The summed E-state index contributed by atoms with van der Waals surface area (Å²) in [7, 11) is 0. The van der Waals surface area contributed by atoms with Crippen LogP contribution in [-0.4, -0.2) is 62.7 Å². The van der Waals surface area contributed by atoms with Crippen molar-refractivity contribution in [1.82, 2.24) is 0 Å². The van der Waals surface area contributed by atoms with Gasteiger partial charge in [0.2, 0.25) is 0 Å². The third-order valence-corrected chi connectivity index (χ3v) is 2.81. The monoisotopic (exact) mass is 308 g/mol. The highest BCUT2D eigenvalue weighted by Gasteiger charge is 2.22. The molecule has 0 saturated carbocycles. The molecule has 0 aliphatic carbocycles. The number of carbonyl (C=O) groups is 2. The molecule has 0 rings (SSSR count). The summed E-state index contributed by atoms with van der Waals surface area (Å²) in [6.07, 6.45) is 2.62. The third kappa shape index (κ3) is 15.2. The standard InChI is InChI=1S/C9H18O2.C5H10O5/c1-2-3-4-5-6-7-8-9(10)11;6-1-3(8)5(10)4(9)2-7/h2-8H2,1H3,(H,10,11);1,3-5,7-10H,2H2/t;3-,4+,5+/m.0/s1. The molecule has 0 saturated heterocycles. The van der Waals surface area contributed by atoms with Crippen LogP contribution in [0.1, 0.15) is 51.9 Å². The molecule has 0 aliphatic rings. The fraction of sp³-hybridized carbons (Fsp3) is 0.857. The van der Waals surface area contributed by atoms with Crippen molar-refractivity contribution in [2.24, 2.45) is 0 Å². The van der Waals surface area contributed by atoms with Crippen LogP contribution < -0.4 is 0 Å². The van der Waals surface area contributed by atoms with Crippen LogP contribution in [0.15, 0.2) is 0 Å². The smallest absolute Gasteiger partial charge is 0.303 e. The minimum absolute atomic E-state index is 0.0869. The van der Waals surface area contributed by atoms with E-state index < -0.39 is 30.9 Å². The van der Waals surface area contributed by atoms with Gasteiger partial charge in [0.1, 0.15) is 18.3 Å². The summed E-state index contributed by atoms with van der Waals surface area (Å²) in [4.78, 5) is 19.9. The van der Waals surface area contributed by atoms with Crippen molar-refractivity contribution in [2.45, 2.75) is 70.2 Å². The fourth-order valence-electron chi connectivity index (χ4n) is 1.47. The summed E-state index contributed by atoms with van der Waals surface area (Å²) >= 11 is 0. The van der Waals surface area contributed by atoms with Gasteiger partial charge in [-0.25, -0.2) is 0 Å². The van der Waals surface area contributed by atoms with Gasteiger partial charge in [-0.3, -0.25) is 4.79 Å². The van der Waals surface area contributed by atoms with E-state index in [1.54, 1.807) is 0 Å². The summed E-state index contributed by atoms with van der Waals surface area (Å²) in [6, 6.07) is 0. The lowest BCUT2D eigenvalue weighted by atomic mass is 10.1. The number of carbonyl (C=O) groups excluding carboxylic acids is 1. The zero-order valence-electron chi connectivity index (χ0n) is 12.5. The number of carboxylic acids is 1. The Hall–Kier alpha value is -1.02. The van der Waals surface area contributed by atoms with Crippen LogP contribution in [0.5, 0.6) is 0 Å². The molecule has 0 bridgehead atoms. The van der Waals surface area contributed by atoms with Gasteiger partial charge in [0, 0.05) is 6.42 Å². The van der Waals surface area contributed by atoms with Gasteiger partial charge >= 0.3 is 5.97 Å². The topological polar surface area (TPSA) is 135 Å². The van der Waals surface area contributed by atoms with Crippen molar-refractivity contribution in [2.75, 3.05) is 6.61 Å². The molecule has 0 aromatic rings. The summed E-state index contributed by atoms with van der Waals surface area (Å²) < 4.78 is 0. The highest BCUT2D eigenvalue weighted by molar-refractivity contribution is 5.66. The molecular weight excluding hydrogens is 280 g/mol. The Morgan fingerprint density at radius 1 is 1.05 bits per heavy atom. The van der Waals surface area contributed by atoms with E-state index >= 15 is 0 Å². The van der Waals surface area contributed by atoms with Crippen LogP contribution in [0, 0.1) is 0 Å². The number of hydrogen-bond donors (Lipinski definition) is 5. The third-order valence-electron chi connectivity index (χ3n) is 2.81. The number of hydrogen-bond acceptors (Lipinski definition) is 6. The minimum atomic E-state index is -1.64. The van der Waals surface area contributed by atoms with E-state index in [-0.39, 0.29) is 6.29 Å². The molecule has 0 heterocycles. The molecule has 3 atom stereocenters. The van der Waals surface area contributed by atoms with Gasteiger partial charge in [0.05, 0.1) is 6.61 Å². The lowest BCUT2D eigenvalue weighted by molar-refractivity contribution is -0.137. The van der Waals surface area contributed by atoms with Gasteiger partial charge in [0.15, 0.2) is 6.29 Å². The van der Waals surface area contributed by atoms with E-state index in [2.05, 4.69) is 6.92 Å². The van der Waals surface area contributed by atoms with Crippen LogP contribution in [0.3, 0.4) is 0 Å². The molecule has 7 heteroatoms. The van der Waals surface area contributed by atoms with Crippen LogP contribution in [0.25, 0.3) is 0 Å². The Bertz CT molecular complexity index is 258. The minimum Gasteiger partial charge on any atom is -0.481 e. The molecule has 126 valence electrons. The SMILES string of the molecule is CCCCCCCCC(=O)O.O=C[C@H](O)[C@@H](O)[C@H](O)CO. The van der Waals surface area contributed by atoms with Gasteiger partial charge in [-0.05, 0) is 6.42 Å². The largest absolute Gasteiger partial charge is 0.481 e. The number of aliphatic carboxylic acids is 1. The zero-order chi connectivity index (χ0) is 16.7. The van der Waals surface area contributed by atoms with E-state index in [0.717, 1.165) is 12.8 Å². The number of unbranched alkanes of at least 4 members (excludes halogenated alkanes) is 5. The van der Waals surface area contributed by atoms with Gasteiger partial charge in [-0.1, -0.05) is 39.0 Å². The number of aldehydes is 1. The molecule has 7 nitrogen and oxygen atoms in total. The van der Waals surface area contributed by atoms with Crippen molar-refractivity contribution in [3.63, 3.8) is 0 Å². The predicted octanol–water partition coefficient (Wildman–Crippen LogP) is 0.0819. The number of aliphatic hydroxyl groups is 4. The van der Waals surface area contributed by atoms with Crippen molar-refractivity contribution in [1.29, 1.82) is 0 Å². The van der Waals surface area contributed by atoms with Crippen LogP contribution >= 0.6 is 0 Å². The maximum atomic E-state index is 10.1. The van der Waals surface area contributed by atoms with Crippen molar-refractivity contribution < 1.29 is 35.1 Å². The lowest BCUT2D eigenvalue weighted by Crippen LogP contribution is -2.40. The average Bonchev–Trinajstić information content (AvgIpc) is 2.48. The van der Waals surface area contributed by atoms with Gasteiger partial charge in [-0.15, -0.1) is 0 Å². The molecule has 5 N–H and O–H groups in total. The molecule has 0 aromatic heterocycles. The van der Waals surface area contributed by atoms with E-state index in [0.29, 0.717) is 6.42 Å². The summed E-state index contributed by atoms with van der Waals surface area (Å²) in [6.45, 7) is 1.49. The second kappa shape index (κ2) is 15.4. The molecule has 0 amide bonds. The molecular formula is C14H28O7. The van der Waals surface area contributed by atoms with Gasteiger partial charge in [-0.2, -0.15) is 0 Å². The van der Waals surface area contributed by atoms with Crippen molar-refractivity contribution >= 4 is 12.3 Å². The molecule has 0 unspecified atom stereocenters. The van der Waals surface area contributed by atoms with E-state index in [4.69, 9.17) is 25.5 Å².